The van der Waals surface area contributed by atoms with Gasteiger partial charge in [0.25, 0.3) is 0 Å². The number of rotatable bonds is 8. The van der Waals surface area contributed by atoms with Crippen LogP contribution in [0.4, 0.5) is 20.2 Å². The smallest absolute Gasteiger partial charge is 0.123 e. The van der Waals surface area contributed by atoms with Gasteiger partial charge in [0.1, 0.15) is 32.5 Å². The van der Waals surface area contributed by atoms with E-state index < -0.39 is 23.5 Å². The van der Waals surface area contributed by atoms with Gasteiger partial charge in [0.15, 0.2) is 0 Å². The molecule has 2 aromatic carbocycles. The first kappa shape index (κ1) is 27.2. The Balaban J connectivity index is 1.63. The largest absolute Gasteiger partial charge is 0.383 e. The molecule has 2 aliphatic rings. The normalized spacial score (nSPS) is 17.3. The molecule has 202 valence electrons. The summed E-state index contributed by atoms with van der Waals surface area (Å²) in [6.45, 7) is 6.27. The maximum atomic E-state index is 13.9. The van der Waals surface area contributed by atoms with E-state index in [1.54, 1.807) is 35.5 Å². The second-order valence-electron chi connectivity index (χ2n) is 11.6. The van der Waals surface area contributed by atoms with Gasteiger partial charge >= 0.3 is 0 Å². The van der Waals surface area contributed by atoms with Crippen LogP contribution in [0.2, 0.25) is 0 Å². The van der Waals surface area contributed by atoms with Crippen molar-refractivity contribution in [3.8, 4) is 12.1 Å². The van der Waals surface area contributed by atoms with Crippen molar-refractivity contribution in [3.63, 3.8) is 0 Å². The zero-order valence-corrected chi connectivity index (χ0v) is 22.6. The Hall–Kier alpha value is -4.35. The van der Waals surface area contributed by atoms with Gasteiger partial charge in [0.05, 0.1) is 39.0 Å². The van der Waals surface area contributed by atoms with E-state index in [9.17, 15) is 19.3 Å². The molecule has 0 bridgehead atoms. The van der Waals surface area contributed by atoms with E-state index in [-0.39, 0.29) is 11.0 Å². The molecule has 1 fully saturated rings. The first-order valence-electron chi connectivity index (χ1n) is 13.0. The van der Waals surface area contributed by atoms with Gasteiger partial charge < -0.3 is 16.1 Å². The van der Waals surface area contributed by atoms with Gasteiger partial charge in [-0.05, 0) is 48.1 Å². The molecular formula is C29H29BF2N8. The highest BCUT2D eigenvalue weighted by Gasteiger charge is 2.50. The Morgan fingerprint density at radius 3 is 2.42 bits per heavy atom. The summed E-state index contributed by atoms with van der Waals surface area (Å²) in [6.07, 6.45) is 4.55. The SMILES string of the molecule is [B]C(Nc1cc(C#N)c2ncc(C#N)c(NCC(C)(C)C)c2c1)(C1=CN(C2(CF)CC2)NN1)c1ccc(F)cc1. The third-order valence-corrected chi connectivity index (χ3v) is 7.23. The van der Waals surface area contributed by atoms with Crippen LogP contribution in [0.25, 0.3) is 10.9 Å². The molecule has 4 N–H and O–H groups in total. The van der Waals surface area contributed by atoms with E-state index >= 15 is 0 Å². The van der Waals surface area contributed by atoms with Gasteiger partial charge in [-0.2, -0.15) is 10.5 Å². The molecule has 2 radical (unpaired) electrons. The Labute approximate surface area is 233 Å². The number of nitriles is 2. The number of hydrazine groups is 2. The quantitative estimate of drug-likeness (QED) is 0.306. The number of halogens is 2. The van der Waals surface area contributed by atoms with E-state index in [0.29, 0.717) is 58.5 Å². The average Bonchev–Trinajstić information content (AvgIpc) is 3.57. The minimum atomic E-state index is -1.44. The summed E-state index contributed by atoms with van der Waals surface area (Å²) in [6, 6.07) is 13.5. The molecule has 1 aliphatic carbocycles. The summed E-state index contributed by atoms with van der Waals surface area (Å²) in [5.41, 5.74) is 6.98. The Morgan fingerprint density at radius 2 is 1.82 bits per heavy atom. The second kappa shape index (κ2) is 10.00. The van der Waals surface area contributed by atoms with Crippen LogP contribution < -0.4 is 21.6 Å². The number of hydrogen-bond donors (Lipinski definition) is 4. The fraction of sp³-hybridized carbons (Fsp3) is 0.345. The van der Waals surface area contributed by atoms with Crippen molar-refractivity contribution < 1.29 is 8.78 Å². The van der Waals surface area contributed by atoms with Crippen LogP contribution in [0.1, 0.15) is 50.3 Å². The molecule has 11 heteroatoms. The molecule has 3 aromatic rings. The maximum Gasteiger partial charge on any atom is 0.123 e. The van der Waals surface area contributed by atoms with Gasteiger partial charge in [0.2, 0.25) is 0 Å². The average molecular weight is 538 g/mol. The fourth-order valence-corrected chi connectivity index (χ4v) is 4.68. The molecule has 40 heavy (non-hydrogen) atoms. The predicted octanol–water partition coefficient (Wildman–Crippen LogP) is 4.68. The monoisotopic (exact) mass is 538 g/mol. The molecule has 8 nitrogen and oxygen atoms in total. The van der Waals surface area contributed by atoms with Crippen LogP contribution in [0.3, 0.4) is 0 Å². The zero-order valence-electron chi connectivity index (χ0n) is 22.6. The lowest BCUT2D eigenvalue weighted by atomic mass is 9.69. The van der Waals surface area contributed by atoms with Crippen molar-refractivity contribution in [2.75, 3.05) is 23.9 Å². The number of alkyl halides is 1. The Morgan fingerprint density at radius 1 is 1.12 bits per heavy atom. The van der Waals surface area contributed by atoms with Crippen molar-refractivity contribution in [2.24, 2.45) is 5.41 Å². The standard InChI is InChI=1S/C29H29BF2N8/c1-27(2,3)17-36-26-19(13-34)14-35-25-18(12-33)10-22(11-23(25)26)37-29(30,20-4-6-21(32)7-5-20)24-15-40(39-38-24)28(16-31)8-9-28/h4-7,10-11,14-15,37-39H,8-9,16-17H2,1-3H3,(H,35,36). The van der Waals surface area contributed by atoms with Gasteiger partial charge in [-0.3, -0.25) is 9.99 Å². The molecule has 1 atom stereocenters. The van der Waals surface area contributed by atoms with E-state index in [4.69, 9.17) is 7.85 Å². The van der Waals surface area contributed by atoms with E-state index in [1.165, 1.54) is 18.3 Å². The zero-order chi connectivity index (χ0) is 28.7. The topological polar surface area (TPSA) is 112 Å². The summed E-state index contributed by atoms with van der Waals surface area (Å²) in [4.78, 5) is 4.40. The molecule has 0 saturated heterocycles. The molecule has 1 saturated carbocycles. The summed E-state index contributed by atoms with van der Waals surface area (Å²) in [7, 11) is 7.03. The van der Waals surface area contributed by atoms with Crippen LogP contribution in [0.15, 0.2) is 54.5 Å². The third kappa shape index (κ3) is 5.01. The summed E-state index contributed by atoms with van der Waals surface area (Å²) >= 11 is 0. The van der Waals surface area contributed by atoms with Crippen LogP contribution in [-0.4, -0.2) is 36.6 Å². The molecule has 1 aliphatic heterocycles. The number of fused-ring (bicyclic) bond motifs is 1. The number of nitrogens with one attached hydrogen (secondary N) is 4. The molecule has 1 aromatic heterocycles. The number of hydrogen-bond acceptors (Lipinski definition) is 8. The van der Waals surface area contributed by atoms with Gasteiger partial charge in [-0.15, -0.1) is 5.53 Å². The minimum Gasteiger partial charge on any atom is -0.383 e. The summed E-state index contributed by atoms with van der Waals surface area (Å²) in [5.74, 6) is -0.421. The summed E-state index contributed by atoms with van der Waals surface area (Å²) < 4.78 is 27.7. The highest BCUT2D eigenvalue weighted by atomic mass is 19.1. The first-order chi connectivity index (χ1) is 19.0. The lowest BCUT2D eigenvalue weighted by Gasteiger charge is -2.34. The van der Waals surface area contributed by atoms with Crippen molar-refractivity contribution >= 4 is 30.1 Å². The van der Waals surface area contributed by atoms with Crippen molar-refractivity contribution in [3.05, 3.63) is 77.0 Å². The van der Waals surface area contributed by atoms with Crippen molar-refractivity contribution in [1.29, 1.82) is 10.5 Å². The molecule has 2 heterocycles. The lowest BCUT2D eigenvalue weighted by Crippen LogP contribution is -2.48. The number of pyridine rings is 1. The van der Waals surface area contributed by atoms with Crippen molar-refractivity contribution in [1.82, 2.24) is 21.0 Å². The van der Waals surface area contributed by atoms with E-state index in [2.05, 4.69) is 59.5 Å². The second-order valence-corrected chi connectivity index (χ2v) is 11.6. The van der Waals surface area contributed by atoms with Crippen LogP contribution in [0.5, 0.6) is 0 Å². The molecule has 5 rings (SSSR count). The van der Waals surface area contributed by atoms with Gasteiger partial charge in [-0.1, -0.05) is 32.9 Å². The summed E-state index contributed by atoms with van der Waals surface area (Å²) in [5, 5.41) is 28.7. The third-order valence-electron chi connectivity index (χ3n) is 7.23. The van der Waals surface area contributed by atoms with Gasteiger partial charge in [0, 0.05) is 30.0 Å². The maximum absolute atomic E-state index is 13.9. The Bertz CT molecular complexity index is 1560. The number of aromatic nitrogens is 1. The number of nitrogens with zero attached hydrogens (tertiary/aromatic N) is 4. The van der Waals surface area contributed by atoms with Crippen LogP contribution >= 0.6 is 0 Å². The van der Waals surface area contributed by atoms with E-state index in [1.807, 2.05) is 0 Å². The van der Waals surface area contributed by atoms with Gasteiger partial charge in [-0.25, -0.2) is 8.78 Å². The number of anilines is 2. The Kier molecular flexibility index (Phi) is 6.81. The van der Waals surface area contributed by atoms with Crippen LogP contribution in [-0.2, 0) is 5.44 Å². The lowest BCUT2D eigenvalue weighted by molar-refractivity contribution is 0.146. The molecule has 0 amide bonds. The van der Waals surface area contributed by atoms with Crippen molar-refractivity contribution in [2.45, 2.75) is 44.6 Å². The molecule has 1 unspecified atom stereocenters. The molecular weight excluding hydrogens is 509 g/mol. The highest BCUT2D eigenvalue weighted by Crippen LogP contribution is 2.44. The minimum absolute atomic E-state index is 0.0801. The predicted molar refractivity (Wildman–Crippen MR) is 151 cm³/mol. The highest BCUT2D eigenvalue weighted by molar-refractivity contribution is 6.19. The van der Waals surface area contributed by atoms with Crippen LogP contribution in [0, 0.1) is 33.9 Å². The number of benzene rings is 2. The fourth-order valence-electron chi connectivity index (χ4n) is 4.68. The van der Waals surface area contributed by atoms with E-state index in [0.717, 1.165) is 0 Å². The molecule has 0 spiro atoms. The first-order valence-corrected chi connectivity index (χ1v) is 13.0.